The Labute approximate surface area is 346 Å². The third-order valence-electron chi connectivity index (χ3n) is 10.8. The van der Waals surface area contributed by atoms with Gasteiger partial charge >= 0.3 is 0 Å². The topological polar surface area (TPSA) is 51.8 Å². The van der Waals surface area contributed by atoms with Gasteiger partial charge in [-0.05, 0) is 59.5 Å². The first-order valence-corrected chi connectivity index (χ1v) is 23.3. The maximum Gasteiger partial charge on any atom is 0.216 e. The predicted molar refractivity (Wildman–Crippen MR) is 232 cm³/mol. The van der Waals surface area contributed by atoms with Gasteiger partial charge in [-0.2, -0.15) is 0 Å². The van der Waals surface area contributed by atoms with Crippen molar-refractivity contribution in [1.82, 2.24) is 15.0 Å². The molecule has 0 unspecified atom stereocenters. The van der Waals surface area contributed by atoms with Crippen molar-refractivity contribution in [2.45, 2.75) is 72.0 Å². The van der Waals surface area contributed by atoms with E-state index in [1.165, 1.54) is 52.8 Å². The molecule has 1 radical (unpaired) electrons. The zero-order valence-electron chi connectivity index (χ0n) is 33.0. The predicted octanol–water partition coefficient (Wildman–Crippen LogP) is 12.7. The summed E-state index contributed by atoms with van der Waals surface area (Å²) in [6, 6.07) is 44.5. The Morgan fingerprint density at radius 3 is 2.30 bits per heavy atom. The molecule has 0 amide bonds. The summed E-state index contributed by atoms with van der Waals surface area (Å²) in [7, 11) is -1.38. The van der Waals surface area contributed by atoms with E-state index in [-0.39, 0.29) is 20.1 Å². The molecule has 0 N–H and O–H groups in total. The first kappa shape index (κ1) is 39.5. The molecule has 1 aliphatic rings. The minimum Gasteiger partial charge on any atom is -0.486 e. The van der Waals surface area contributed by atoms with Gasteiger partial charge in [0.25, 0.3) is 0 Å². The zero-order chi connectivity index (χ0) is 37.9. The molecule has 56 heavy (non-hydrogen) atoms. The number of rotatable bonds is 8. The van der Waals surface area contributed by atoms with Crippen molar-refractivity contribution >= 4 is 46.1 Å². The molecular formula is C50H49IrN3OSi-2. The van der Waals surface area contributed by atoms with Gasteiger partial charge in [0.1, 0.15) is 0 Å². The van der Waals surface area contributed by atoms with Gasteiger partial charge in [-0.25, -0.2) is 4.98 Å². The van der Waals surface area contributed by atoms with E-state index < -0.39 is 8.07 Å². The standard InChI is InChI=1S/C28H23N2O.C22H26NSi.Ir/c1-2-9-21(10-3-1)25-14-13-23-22-11-6-12-24(27(22)31-28(23)30-25)26-18-20(15-16-29-26)17-19-7-4-5-8-19;1-16(2)12-20-14-21(23-15-22(20)24(3,4)5)19-11-10-17-8-6-7-9-18(17)13-19;/h1-3,6,9-11,13-16,18-19H,4-5,7-8,17H2;6-10,13-16H,12H2,1-5H3;/q2*-1;. The average molecular weight is 928 g/mol. The maximum atomic E-state index is 6.29. The third kappa shape index (κ3) is 8.79. The Kier molecular flexibility index (Phi) is 12.1. The van der Waals surface area contributed by atoms with Crippen LogP contribution in [0.25, 0.3) is 66.6 Å². The van der Waals surface area contributed by atoms with E-state index >= 15 is 0 Å². The number of furan rings is 1. The van der Waals surface area contributed by atoms with Crippen LogP contribution in [0.4, 0.5) is 0 Å². The number of pyridine rings is 3. The van der Waals surface area contributed by atoms with Gasteiger partial charge in [-0.1, -0.05) is 153 Å². The SMILES string of the molecule is CC(C)Cc1cc(-c2[c-]cc3ccccc3c2)ncc1[Si](C)(C)C.[Ir].[c-]1ccc2c(oc3nc(-c4ccccc4)ccc32)c1-c1cc(CC2CCCC2)ccn1. The van der Waals surface area contributed by atoms with E-state index in [0.717, 1.165) is 68.9 Å². The van der Waals surface area contributed by atoms with Crippen molar-refractivity contribution in [3.63, 3.8) is 0 Å². The van der Waals surface area contributed by atoms with Crippen LogP contribution in [0.2, 0.25) is 19.6 Å². The summed E-state index contributed by atoms with van der Waals surface area (Å²) < 4.78 is 6.29. The molecule has 4 nitrogen and oxygen atoms in total. The Hall–Kier alpha value is -4.74. The summed E-state index contributed by atoms with van der Waals surface area (Å²) >= 11 is 0. The van der Waals surface area contributed by atoms with Crippen LogP contribution in [0.5, 0.6) is 0 Å². The molecule has 0 bridgehead atoms. The summed E-state index contributed by atoms with van der Waals surface area (Å²) in [5.74, 6) is 1.46. The summed E-state index contributed by atoms with van der Waals surface area (Å²) in [5, 5.41) is 6.03. The van der Waals surface area contributed by atoms with Gasteiger partial charge in [0.2, 0.25) is 5.71 Å². The second-order valence-corrected chi connectivity index (χ2v) is 21.6. The van der Waals surface area contributed by atoms with Crippen molar-refractivity contribution in [2.75, 3.05) is 0 Å². The fraction of sp³-hybridized carbons (Fsp3) is 0.260. The molecule has 4 aromatic carbocycles. The van der Waals surface area contributed by atoms with Gasteiger partial charge in [0, 0.05) is 43.4 Å². The van der Waals surface area contributed by atoms with E-state index in [2.05, 4.69) is 142 Å². The normalized spacial score (nSPS) is 13.2. The number of nitrogens with zero attached hydrogens (tertiary/aromatic N) is 3. The fourth-order valence-corrected chi connectivity index (χ4v) is 9.66. The van der Waals surface area contributed by atoms with Gasteiger partial charge < -0.3 is 14.4 Å². The van der Waals surface area contributed by atoms with Crippen LogP contribution in [0, 0.1) is 24.0 Å². The minimum atomic E-state index is -1.38. The van der Waals surface area contributed by atoms with Crippen molar-refractivity contribution in [3.8, 4) is 33.8 Å². The summed E-state index contributed by atoms with van der Waals surface area (Å²) in [5.41, 5.74) is 10.2. The molecule has 1 fully saturated rings. The first-order chi connectivity index (χ1) is 26.7. The second kappa shape index (κ2) is 17.2. The van der Waals surface area contributed by atoms with Crippen molar-refractivity contribution in [3.05, 3.63) is 145 Å². The van der Waals surface area contributed by atoms with E-state index in [4.69, 9.17) is 14.4 Å². The van der Waals surface area contributed by atoms with Gasteiger partial charge in [-0.3, -0.25) is 0 Å². The first-order valence-electron chi connectivity index (χ1n) is 19.8. The van der Waals surface area contributed by atoms with Crippen LogP contribution in [0.3, 0.4) is 0 Å². The van der Waals surface area contributed by atoms with Crippen molar-refractivity contribution in [1.29, 1.82) is 0 Å². The van der Waals surface area contributed by atoms with Crippen LogP contribution in [0.1, 0.15) is 50.7 Å². The molecule has 0 atom stereocenters. The van der Waals surface area contributed by atoms with Gasteiger partial charge in [0.15, 0.2) is 0 Å². The smallest absolute Gasteiger partial charge is 0.216 e. The quantitative estimate of drug-likeness (QED) is 0.113. The Balaban J connectivity index is 0.000000175. The molecule has 0 spiro atoms. The van der Waals surface area contributed by atoms with E-state index in [9.17, 15) is 0 Å². The Morgan fingerprint density at radius 2 is 1.54 bits per heavy atom. The van der Waals surface area contributed by atoms with E-state index in [1.54, 1.807) is 0 Å². The summed E-state index contributed by atoms with van der Waals surface area (Å²) in [6.45, 7) is 11.8. The fourth-order valence-electron chi connectivity index (χ4n) is 8.07. The molecule has 8 aromatic rings. The molecule has 285 valence electrons. The second-order valence-electron chi connectivity index (χ2n) is 16.6. The van der Waals surface area contributed by atoms with Crippen LogP contribution < -0.4 is 5.19 Å². The number of benzene rings is 4. The molecule has 6 heteroatoms. The molecule has 4 aromatic heterocycles. The molecule has 0 aliphatic heterocycles. The molecule has 1 saturated carbocycles. The van der Waals surface area contributed by atoms with Crippen LogP contribution in [-0.4, -0.2) is 23.0 Å². The number of hydrogen-bond donors (Lipinski definition) is 0. The number of hydrogen-bond acceptors (Lipinski definition) is 4. The van der Waals surface area contributed by atoms with Crippen LogP contribution in [0.15, 0.2) is 126 Å². The zero-order valence-corrected chi connectivity index (χ0v) is 36.4. The van der Waals surface area contributed by atoms with E-state index in [1.807, 2.05) is 30.5 Å². The molecule has 1 aliphatic carbocycles. The summed E-state index contributed by atoms with van der Waals surface area (Å²) in [4.78, 5) is 14.3. The molecule has 0 saturated heterocycles. The largest absolute Gasteiger partial charge is 0.486 e. The maximum absolute atomic E-state index is 6.29. The molecule has 9 rings (SSSR count). The van der Waals surface area contributed by atoms with Gasteiger partial charge in [-0.15, -0.1) is 47.3 Å². The monoisotopic (exact) mass is 928 g/mol. The van der Waals surface area contributed by atoms with Crippen molar-refractivity contribution in [2.24, 2.45) is 11.8 Å². The number of aromatic nitrogens is 3. The van der Waals surface area contributed by atoms with Crippen LogP contribution in [-0.2, 0) is 32.9 Å². The van der Waals surface area contributed by atoms with Gasteiger partial charge in [0.05, 0.1) is 19.4 Å². The Bertz CT molecular complexity index is 2590. The minimum absolute atomic E-state index is 0. The average Bonchev–Trinajstić information content (AvgIpc) is 3.85. The van der Waals surface area contributed by atoms with E-state index in [0.29, 0.717) is 11.6 Å². The number of fused-ring (bicyclic) bond motifs is 4. The molecule has 4 heterocycles. The van der Waals surface area contributed by atoms with Crippen molar-refractivity contribution < 1.29 is 24.5 Å². The van der Waals surface area contributed by atoms with Crippen LogP contribution >= 0.6 is 0 Å². The Morgan fingerprint density at radius 1 is 0.768 bits per heavy atom. The summed E-state index contributed by atoms with van der Waals surface area (Å²) in [6.07, 6.45) is 11.7. The third-order valence-corrected chi connectivity index (χ3v) is 12.9. The molecular weight excluding hydrogens is 879 g/mol.